The van der Waals surface area contributed by atoms with E-state index in [2.05, 4.69) is 5.10 Å². The van der Waals surface area contributed by atoms with Crippen LogP contribution < -0.4 is 0 Å². The summed E-state index contributed by atoms with van der Waals surface area (Å²) in [6.45, 7) is 4.93. The summed E-state index contributed by atoms with van der Waals surface area (Å²) >= 11 is 0. The smallest absolute Gasteiger partial charge is 0.324 e. The minimum atomic E-state index is -3.87. The predicted octanol–water partition coefficient (Wildman–Crippen LogP) is 1.83. The maximum Gasteiger partial charge on any atom is 0.324 e. The van der Waals surface area contributed by atoms with E-state index in [0.717, 1.165) is 10.9 Å². The average molecular weight is 310 g/mol. The van der Waals surface area contributed by atoms with Gasteiger partial charge in [0.05, 0.1) is 17.0 Å². The third-order valence-corrected chi connectivity index (χ3v) is 6.04. The molecule has 0 amide bonds. The number of aryl methyl sites for hydroxylation is 1. The number of fused-ring (bicyclic) bond motifs is 1. The zero-order valence-electron chi connectivity index (χ0n) is 12.2. The molecule has 2 aromatic rings. The van der Waals surface area contributed by atoms with Crippen LogP contribution in [0.25, 0.3) is 10.9 Å². The molecular weight excluding hydrogens is 292 g/mol. The molecule has 2 rings (SSSR count). The monoisotopic (exact) mass is 310 g/mol. The van der Waals surface area contributed by atoms with E-state index < -0.39 is 20.6 Å². The first-order valence-corrected chi connectivity index (χ1v) is 8.26. The van der Waals surface area contributed by atoms with Crippen LogP contribution in [0, 0.1) is 0 Å². The summed E-state index contributed by atoms with van der Waals surface area (Å²) in [6.07, 6.45) is 0. The van der Waals surface area contributed by atoms with Crippen molar-refractivity contribution >= 4 is 26.7 Å². The normalized spacial score (nSPS) is 12.7. The average Bonchev–Trinajstić information content (AvgIpc) is 2.76. The van der Waals surface area contributed by atoms with E-state index >= 15 is 0 Å². The molecule has 0 saturated carbocycles. The van der Waals surface area contributed by atoms with Crippen molar-refractivity contribution < 1.29 is 18.3 Å². The molecule has 21 heavy (non-hydrogen) atoms. The standard InChI is InChI=1S/C14H18N2O4S/c1-4-16-12-8-6-5-7-10(12)11(15-16)9-21(19,20)14(2,3)13(17)18/h5-8H,4,9H2,1-3H3,(H,17,18). The van der Waals surface area contributed by atoms with Gasteiger partial charge in [-0.3, -0.25) is 9.48 Å². The molecule has 0 unspecified atom stereocenters. The Kier molecular flexibility index (Phi) is 3.79. The topological polar surface area (TPSA) is 89.3 Å². The van der Waals surface area contributed by atoms with Crippen LogP contribution in [-0.4, -0.2) is 34.0 Å². The van der Waals surface area contributed by atoms with E-state index in [4.69, 9.17) is 5.11 Å². The molecule has 1 N–H and O–H groups in total. The molecule has 0 radical (unpaired) electrons. The summed E-state index contributed by atoms with van der Waals surface area (Å²) in [7, 11) is -3.87. The number of nitrogens with zero attached hydrogens (tertiary/aromatic N) is 2. The number of aromatic nitrogens is 2. The largest absolute Gasteiger partial charge is 0.480 e. The van der Waals surface area contributed by atoms with E-state index in [-0.39, 0.29) is 5.75 Å². The molecule has 1 aromatic heterocycles. The van der Waals surface area contributed by atoms with Crippen LogP contribution >= 0.6 is 0 Å². The molecule has 114 valence electrons. The minimum Gasteiger partial charge on any atom is -0.480 e. The van der Waals surface area contributed by atoms with Gasteiger partial charge in [-0.2, -0.15) is 5.10 Å². The molecule has 0 aliphatic carbocycles. The van der Waals surface area contributed by atoms with E-state index in [9.17, 15) is 13.2 Å². The Morgan fingerprint density at radius 3 is 2.52 bits per heavy atom. The minimum absolute atomic E-state index is 0.389. The zero-order chi connectivity index (χ0) is 15.8. The second kappa shape index (κ2) is 5.14. The first-order chi connectivity index (χ1) is 9.70. The number of carboxylic acid groups (broad SMARTS) is 1. The van der Waals surface area contributed by atoms with Gasteiger partial charge in [-0.15, -0.1) is 0 Å². The molecule has 7 heteroatoms. The zero-order valence-corrected chi connectivity index (χ0v) is 13.0. The molecule has 0 fully saturated rings. The summed E-state index contributed by atoms with van der Waals surface area (Å²) in [5, 5.41) is 14.2. The van der Waals surface area contributed by atoms with Gasteiger partial charge in [-0.1, -0.05) is 18.2 Å². The Balaban J connectivity index is 2.52. The van der Waals surface area contributed by atoms with Crippen molar-refractivity contribution in [3.05, 3.63) is 30.0 Å². The van der Waals surface area contributed by atoms with Gasteiger partial charge in [0.1, 0.15) is 0 Å². The second-order valence-corrected chi connectivity index (χ2v) is 7.89. The van der Waals surface area contributed by atoms with Gasteiger partial charge in [0.15, 0.2) is 14.6 Å². The van der Waals surface area contributed by atoms with Crippen LogP contribution in [0.5, 0.6) is 0 Å². The summed E-state index contributed by atoms with van der Waals surface area (Å²) in [5.41, 5.74) is 1.24. The number of hydrogen-bond acceptors (Lipinski definition) is 4. The number of benzene rings is 1. The Labute approximate surface area is 123 Å². The first kappa shape index (κ1) is 15.5. The van der Waals surface area contributed by atoms with Crippen LogP contribution in [0.15, 0.2) is 24.3 Å². The van der Waals surface area contributed by atoms with Crippen molar-refractivity contribution in [1.82, 2.24) is 9.78 Å². The lowest BCUT2D eigenvalue weighted by atomic mass is 10.2. The fourth-order valence-electron chi connectivity index (χ4n) is 2.04. The number of para-hydroxylation sites is 1. The number of hydrogen-bond donors (Lipinski definition) is 1. The van der Waals surface area contributed by atoms with Gasteiger partial charge in [-0.25, -0.2) is 8.42 Å². The van der Waals surface area contributed by atoms with Crippen LogP contribution in [-0.2, 0) is 26.9 Å². The summed E-state index contributed by atoms with van der Waals surface area (Å²) < 4.78 is 24.6. The van der Waals surface area contributed by atoms with E-state index in [1.54, 1.807) is 10.7 Å². The Morgan fingerprint density at radius 2 is 1.95 bits per heavy atom. The maximum absolute atomic E-state index is 12.4. The molecule has 0 aliphatic rings. The second-order valence-electron chi connectivity index (χ2n) is 5.35. The molecule has 0 saturated heterocycles. The van der Waals surface area contributed by atoms with Crippen LogP contribution in [0.1, 0.15) is 26.5 Å². The van der Waals surface area contributed by atoms with E-state index in [1.165, 1.54) is 13.8 Å². The van der Waals surface area contributed by atoms with Gasteiger partial charge < -0.3 is 5.11 Å². The van der Waals surface area contributed by atoms with Gasteiger partial charge in [0.2, 0.25) is 0 Å². The van der Waals surface area contributed by atoms with Crippen molar-refractivity contribution in [2.75, 3.05) is 0 Å². The van der Waals surface area contributed by atoms with Crippen molar-refractivity contribution in [3.63, 3.8) is 0 Å². The maximum atomic E-state index is 12.4. The molecule has 1 aromatic carbocycles. The number of aliphatic carboxylic acids is 1. The Bertz CT molecular complexity index is 790. The van der Waals surface area contributed by atoms with E-state index in [1.807, 2.05) is 25.1 Å². The van der Waals surface area contributed by atoms with Crippen molar-refractivity contribution in [2.24, 2.45) is 0 Å². The fourth-order valence-corrected chi connectivity index (χ4v) is 3.24. The number of carbonyl (C=O) groups is 1. The molecule has 0 spiro atoms. The summed E-state index contributed by atoms with van der Waals surface area (Å²) in [6, 6.07) is 7.33. The highest BCUT2D eigenvalue weighted by Crippen LogP contribution is 2.25. The third kappa shape index (κ3) is 2.53. The molecule has 0 atom stereocenters. The van der Waals surface area contributed by atoms with Gasteiger partial charge in [-0.05, 0) is 26.8 Å². The fraction of sp³-hybridized carbons (Fsp3) is 0.429. The number of sulfone groups is 1. The predicted molar refractivity (Wildman–Crippen MR) is 79.7 cm³/mol. The lowest BCUT2D eigenvalue weighted by Gasteiger charge is -2.18. The highest BCUT2D eigenvalue weighted by molar-refractivity contribution is 7.92. The SMILES string of the molecule is CCn1nc(CS(=O)(=O)C(C)(C)C(=O)O)c2ccccc21. The molecular formula is C14H18N2O4S. The molecule has 0 aliphatic heterocycles. The van der Waals surface area contributed by atoms with Crippen molar-refractivity contribution in [1.29, 1.82) is 0 Å². The number of carboxylic acids is 1. The van der Waals surface area contributed by atoms with Crippen LogP contribution in [0.4, 0.5) is 0 Å². The van der Waals surface area contributed by atoms with Crippen LogP contribution in [0.2, 0.25) is 0 Å². The molecule has 1 heterocycles. The summed E-state index contributed by atoms with van der Waals surface area (Å²) in [4.78, 5) is 11.2. The first-order valence-electron chi connectivity index (χ1n) is 6.61. The van der Waals surface area contributed by atoms with E-state index in [0.29, 0.717) is 12.2 Å². The van der Waals surface area contributed by atoms with Crippen molar-refractivity contribution in [2.45, 2.75) is 37.8 Å². The lowest BCUT2D eigenvalue weighted by Crippen LogP contribution is -2.41. The quantitative estimate of drug-likeness (QED) is 0.910. The van der Waals surface area contributed by atoms with Gasteiger partial charge in [0.25, 0.3) is 0 Å². The summed E-state index contributed by atoms with van der Waals surface area (Å²) in [5.74, 6) is -1.75. The van der Waals surface area contributed by atoms with Crippen LogP contribution in [0.3, 0.4) is 0 Å². The highest BCUT2D eigenvalue weighted by Gasteiger charge is 2.42. The molecule has 0 bridgehead atoms. The lowest BCUT2D eigenvalue weighted by molar-refractivity contribution is -0.139. The van der Waals surface area contributed by atoms with Gasteiger partial charge >= 0.3 is 5.97 Å². The third-order valence-electron chi connectivity index (χ3n) is 3.65. The Hall–Kier alpha value is -1.89. The Morgan fingerprint density at radius 1 is 1.33 bits per heavy atom. The van der Waals surface area contributed by atoms with Crippen molar-refractivity contribution in [3.8, 4) is 0 Å². The molecule has 6 nitrogen and oxygen atoms in total. The number of rotatable bonds is 5. The van der Waals surface area contributed by atoms with Gasteiger partial charge in [0, 0.05) is 11.9 Å². The highest BCUT2D eigenvalue weighted by atomic mass is 32.2.